The Labute approximate surface area is 205 Å². The van der Waals surface area contributed by atoms with Crippen LogP contribution in [0.5, 0.6) is 0 Å². The van der Waals surface area contributed by atoms with Crippen molar-refractivity contribution in [3.05, 3.63) is 84.4 Å². The Hall–Kier alpha value is -4.31. The molecule has 3 aromatic carbocycles. The van der Waals surface area contributed by atoms with Crippen LogP contribution in [0, 0.1) is 0 Å². The van der Waals surface area contributed by atoms with Gasteiger partial charge in [0, 0.05) is 12.1 Å². The van der Waals surface area contributed by atoms with Gasteiger partial charge in [0.25, 0.3) is 0 Å². The van der Waals surface area contributed by atoms with Gasteiger partial charge < -0.3 is 20.4 Å². The third-order valence-electron chi connectivity index (χ3n) is 5.56. The van der Waals surface area contributed by atoms with Crippen LogP contribution in [0.3, 0.4) is 0 Å². The van der Waals surface area contributed by atoms with E-state index in [-0.39, 0.29) is 18.9 Å². The van der Waals surface area contributed by atoms with E-state index in [0.717, 1.165) is 17.3 Å². The number of aromatic nitrogens is 2. The summed E-state index contributed by atoms with van der Waals surface area (Å²) >= 11 is 1.08. The lowest BCUT2D eigenvalue weighted by molar-refractivity contribution is -0.119. The first-order valence-electron chi connectivity index (χ1n) is 11.0. The molecule has 2 N–H and O–H groups in total. The summed E-state index contributed by atoms with van der Waals surface area (Å²) in [6, 6.07) is 23.0. The average Bonchev–Trinajstić information content (AvgIpc) is 3.53. The van der Waals surface area contributed by atoms with Gasteiger partial charge >= 0.3 is 6.03 Å². The SMILES string of the molecule is O=C(Nc1cccc2nsnc12)[C@@H]1CC(=NOCc2ccccc2)CN1C(=O)Nc1ccccc1. The number of hydrogen-bond donors (Lipinski definition) is 2. The van der Waals surface area contributed by atoms with E-state index in [1.165, 1.54) is 4.90 Å². The molecular formula is C25H22N6O3S. The number of carbonyl (C=O) groups is 2. The lowest BCUT2D eigenvalue weighted by Gasteiger charge is -2.23. The molecule has 1 aliphatic heterocycles. The Balaban J connectivity index is 1.33. The predicted molar refractivity (Wildman–Crippen MR) is 135 cm³/mol. The molecule has 0 saturated carbocycles. The number of urea groups is 1. The van der Waals surface area contributed by atoms with E-state index >= 15 is 0 Å². The molecule has 35 heavy (non-hydrogen) atoms. The number of anilines is 2. The normalized spacial score (nSPS) is 16.4. The van der Waals surface area contributed by atoms with Crippen LogP contribution in [0.2, 0.25) is 0 Å². The minimum absolute atomic E-state index is 0.175. The number of nitrogens with one attached hydrogen (secondary N) is 2. The molecule has 0 bridgehead atoms. The first kappa shape index (κ1) is 22.5. The third-order valence-corrected chi connectivity index (χ3v) is 6.10. The fraction of sp³-hybridized carbons (Fsp3) is 0.160. The van der Waals surface area contributed by atoms with Crippen molar-refractivity contribution in [2.24, 2.45) is 5.16 Å². The molecule has 1 aliphatic rings. The highest BCUT2D eigenvalue weighted by molar-refractivity contribution is 7.00. The molecule has 2 heterocycles. The van der Waals surface area contributed by atoms with Crippen LogP contribution in [0.25, 0.3) is 11.0 Å². The molecule has 0 aliphatic carbocycles. The number of hydrogen-bond acceptors (Lipinski definition) is 7. The molecule has 1 fully saturated rings. The minimum Gasteiger partial charge on any atom is -0.391 e. The van der Waals surface area contributed by atoms with Crippen molar-refractivity contribution in [1.82, 2.24) is 13.6 Å². The smallest absolute Gasteiger partial charge is 0.322 e. The van der Waals surface area contributed by atoms with Crippen LogP contribution >= 0.6 is 11.7 Å². The summed E-state index contributed by atoms with van der Waals surface area (Å²) in [4.78, 5) is 33.4. The van der Waals surface area contributed by atoms with Crippen molar-refractivity contribution in [3.63, 3.8) is 0 Å². The summed E-state index contributed by atoms with van der Waals surface area (Å²) in [5.74, 6) is -0.332. The largest absolute Gasteiger partial charge is 0.391 e. The molecular weight excluding hydrogens is 464 g/mol. The fourth-order valence-electron chi connectivity index (χ4n) is 3.83. The van der Waals surface area contributed by atoms with Crippen LogP contribution in [-0.4, -0.2) is 43.9 Å². The lowest BCUT2D eigenvalue weighted by Crippen LogP contribution is -2.45. The number of fused-ring (bicyclic) bond motifs is 1. The van der Waals surface area contributed by atoms with Crippen molar-refractivity contribution in [3.8, 4) is 0 Å². The second-order valence-corrected chi connectivity index (χ2v) is 8.52. The fourth-order valence-corrected chi connectivity index (χ4v) is 4.38. The average molecular weight is 487 g/mol. The molecule has 0 unspecified atom stereocenters. The number of oxime groups is 1. The van der Waals surface area contributed by atoms with Crippen molar-refractivity contribution >= 4 is 51.8 Å². The molecule has 0 radical (unpaired) electrons. The van der Waals surface area contributed by atoms with Crippen LogP contribution in [0.4, 0.5) is 16.2 Å². The molecule has 0 spiro atoms. The first-order valence-corrected chi connectivity index (χ1v) is 11.8. The number of rotatable bonds is 6. The van der Waals surface area contributed by atoms with Crippen molar-refractivity contribution in [2.75, 3.05) is 17.2 Å². The van der Waals surface area contributed by atoms with E-state index in [2.05, 4.69) is 24.5 Å². The zero-order valence-electron chi connectivity index (χ0n) is 18.6. The monoisotopic (exact) mass is 486 g/mol. The Bertz CT molecular complexity index is 1360. The number of benzene rings is 3. The van der Waals surface area contributed by atoms with Gasteiger partial charge in [0.2, 0.25) is 5.91 Å². The van der Waals surface area contributed by atoms with Gasteiger partial charge in [-0.3, -0.25) is 4.79 Å². The highest BCUT2D eigenvalue weighted by Crippen LogP contribution is 2.24. The number of para-hydroxylation sites is 1. The Morgan fingerprint density at radius 1 is 0.971 bits per heavy atom. The van der Waals surface area contributed by atoms with E-state index in [1.807, 2.05) is 54.6 Å². The van der Waals surface area contributed by atoms with E-state index in [9.17, 15) is 9.59 Å². The zero-order chi connectivity index (χ0) is 24.0. The lowest BCUT2D eigenvalue weighted by atomic mass is 10.2. The van der Waals surface area contributed by atoms with Gasteiger partial charge in [-0.2, -0.15) is 8.75 Å². The number of amides is 3. The van der Waals surface area contributed by atoms with Crippen molar-refractivity contribution in [1.29, 1.82) is 0 Å². The van der Waals surface area contributed by atoms with Gasteiger partial charge in [0.05, 0.1) is 29.7 Å². The quantitative estimate of drug-likeness (QED) is 0.390. The summed E-state index contributed by atoms with van der Waals surface area (Å²) in [5, 5.41) is 10.00. The molecule has 5 rings (SSSR count). The molecule has 1 aromatic heterocycles. The topological polar surface area (TPSA) is 109 Å². The summed E-state index contributed by atoms with van der Waals surface area (Å²) in [5.41, 5.74) is 4.10. The van der Waals surface area contributed by atoms with E-state index < -0.39 is 12.1 Å². The highest BCUT2D eigenvalue weighted by atomic mass is 32.1. The van der Waals surface area contributed by atoms with Gasteiger partial charge in [-0.05, 0) is 29.8 Å². The van der Waals surface area contributed by atoms with Gasteiger partial charge in [-0.1, -0.05) is 59.8 Å². The molecule has 176 valence electrons. The maximum atomic E-state index is 13.3. The Morgan fingerprint density at radius 2 is 1.74 bits per heavy atom. The molecule has 9 nitrogen and oxygen atoms in total. The van der Waals surface area contributed by atoms with Gasteiger partial charge in [0.15, 0.2) is 0 Å². The first-order chi connectivity index (χ1) is 17.2. The number of carbonyl (C=O) groups excluding carboxylic acids is 2. The maximum Gasteiger partial charge on any atom is 0.322 e. The summed E-state index contributed by atoms with van der Waals surface area (Å²) < 4.78 is 8.49. The second-order valence-electron chi connectivity index (χ2n) is 7.99. The van der Waals surface area contributed by atoms with E-state index in [4.69, 9.17) is 4.84 Å². The predicted octanol–water partition coefficient (Wildman–Crippen LogP) is 4.51. The van der Waals surface area contributed by atoms with Gasteiger partial charge in [0.1, 0.15) is 23.7 Å². The second kappa shape index (κ2) is 10.3. The van der Waals surface area contributed by atoms with Crippen LogP contribution < -0.4 is 10.6 Å². The van der Waals surface area contributed by atoms with Crippen LogP contribution in [0.15, 0.2) is 84.0 Å². The van der Waals surface area contributed by atoms with Gasteiger partial charge in [-0.15, -0.1) is 0 Å². The summed E-state index contributed by atoms with van der Waals surface area (Å²) in [7, 11) is 0. The van der Waals surface area contributed by atoms with Crippen molar-refractivity contribution < 1.29 is 14.4 Å². The van der Waals surface area contributed by atoms with Crippen molar-refractivity contribution in [2.45, 2.75) is 19.1 Å². The Kier molecular flexibility index (Phi) is 6.62. The molecule has 3 amide bonds. The molecule has 1 atom stereocenters. The van der Waals surface area contributed by atoms with Crippen LogP contribution in [0.1, 0.15) is 12.0 Å². The van der Waals surface area contributed by atoms with E-state index in [1.54, 1.807) is 24.3 Å². The molecule has 4 aromatic rings. The Morgan fingerprint density at radius 3 is 2.54 bits per heavy atom. The van der Waals surface area contributed by atoms with E-state index in [0.29, 0.717) is 34.7 Å². The standard InChI is InChI=1S/C25H22N6O3S/c32-24(27-20-12-7-13-21-23(20)30-35-29-21)22-14-19(28-34-16-17-8-3-1-4-9-17)15-31(22)25(33)26-18-10-5-2-6-11-18/h1-13,22H,14-16H2,(H,26,33)(H,27,32)/t22-/m0/s1. The van der Waals surface area contributed by atoms with Gasteiger partial charge in [-0.25, -0.2) is 4.79 Å². The minimum atomic E-state index is -0.764. The summed E-state index contributed by atoms with van der Waals surface area (Å²) in [6.45, 7) is 0.476. The zero-order valence-corrected chi connectivity index (χ0v) is 19.4. The van der Waals surface area contributed by atoms with Crippen LogP contribution in [-0.2, 0) is 16.2 Å². The summed E-state index contributed by atoms with van der Waals surface area (Å²) in [6.07, 6.45) is 0.258. The number of nitrogens with zero attached hydrogens (tertiary/aromatic N) is 4. The maximum absolute atomic E-state index is 13.3. The molecule has 10 heteroatoms. The molecule has 1 saturated heterocycles. The number of likely N-dealkylation sites (tertiary alicyclic amines) is 1. The third kappa shape index (κ3) is 5.28. The highest BCUT2D eigenvalue weighted by Gasteiger charge is 2.38.